The Bertz CT molecular complexity index is 855. The van der Waals surface area contributed by atoms with Gasteiger partial charge in [-0.2, -0.15) is 0 Å². The molecule has 6 nitrogen and oxygen atoms in total. The van der Waals surface area contributed by atoms with Gasteiger partial charge in [-0.1, -0.05) is 0 Å². The Morgan fingerprint density at radius 1 is 1.00 bits per heavy atom. The molecule has 1 saturated heterocycles. The molecule has 2 aliphatic heterocycles. The number of nitrogens with zero attached hydrogens (tertiary/aromatic N) is 3. The second-order valence-electron chi connectivity index (χ2n) is 7.96. The zero-order chi connectivity index (χ0) is 18.8. The minimum absolute atomic E-state index is 0.473. The molecule has 2 aromatic rings. The van der Waals surface area contributed by atoms with Crippen LogP contribution in [-0.4, -0.2) is 59.9 Å². The monoisotopic (exact) mass is 380 g/mol. The third kappa shape index (κ3) is 3.71. The molecule has 0 atom stereocenters. The first kappa shape index (κ1) is 17.9. The van der Waals surface area contributed by atoms with Gasteiger partial charge in [0.05, 0.1) is 25.3 Å². The van der Waals surface area contributed by atoms with Crippen molar-refractivity contribution in [2.75, 3.05) is 38.2 Å². The molecule has 0 radical (unpaired) electrons. The summed E-state index contributed by atoms with van der Waals surface area (Å²) >= 11 is 0. The smallest absolute Gasteiger partial charge is 0.137 e. The number of rotatable bonds is 4. The van der Waals surface area contributed by atoms with Gasteiger partial charge in [-0.15, -0.1) is 0 Å². The van der Waals surface area contributed by atoms with Gasteiger partial charge in [0.1, 0.15) is 17.9 Å². The molecule has 28 heavy (non-hydrogen) atoms. The van der Waals surface area contributed by atoms with E-state index in [4.69, 9.17) is 9.47 Å². The second kappa shape index (κ2) is 8.05. The summed E-state index contributed by atoms with van der Waals surface area (Å²) in [5, 5.41) is 4.79. The molecule has 6 heteroatoms. The highest BCUT2D eigenvalue weighted by atomic mass is 16.5. The predicted molar refractivity (Wildman–Crippen MR) is 110 cm³/mol. The Balaban J connectivity index is 1.29. The van der Waals surface area contributed by atoms with Crippen molar-refractivity contribution in [2.45, 2.75) is 44.2 Å². The molecule has 5 rings (SSSR count). The summed E-state index contributed by atoms with van der Waals surface area (Å²) in [6.07, 6.45) is 9.65. The van der Waals surface area contributed by atoms with E-state index in [1.807, 2.05) is 0 Å². The highest BCUT2D eigenvalue weighted by Crippen LogP contribution is 2.30. The third-order valence-electron chi connectivity index (χ3n) is 6.22. The average Bonchev–Trinajstić information content (AvgIpc) is 3.30. The Morgan fingerprint density at radius 3 is 2.64 bits per heavy atom. The fourth-order valence-corrected chi connectivity index (χ4v) is 4.67. The van der Waals surface area contributed by atoms with E-state index in [-0.39, 0.29) is 0 Å². The van der Waals surface area contributed by atoms with Crippen molar-refractivity contribution in [2.24, 2.45) is 0 Å². The summed E-state index contributed by atoms with van der Waals surface area (Å²) in [5.41, 5.74) is 2.08. The molecule has 2 fully saturated rings. The topological polar surface area (TPSA) is 59.5 Å². The fourth-order valence-electron chi connectivity index (χ4n) is 4.67. The number of ether oxygens (including phenoxy) is 2. The van der Waals surface area contributed by atoms with Crippen LogP contribution in [0.2, 0.25) is 0 Å². The van der Waals surface area contributed by atoms with Gasteiger partial charge in [0.15, 0.2) is 0 Å². The van der Waals surface area contributed by atoms with Crippen molar-refractivity contribution in [3.63, 3.8) is 0 Å². The second-order valence-corrected chi connectivity index (χ2v) is 7.96. The number of nitrogens with one attached hydrogen (secondary N) is 1. The van der Waals surface area contributed by atoms with Crippen molar-refractivity contribution in [1.82, 2.24) is 14.9 Å². The normalized spacial score (nSPS) is 26.1. The Labute approximate surface area is 165 Å². The van der Waals surface area contributed by atoms with Crippen LogP contribution in [0.4, 0.5) is 5.82 Å². The Morgan fingerprint density at radius 2 is 1.86 bits per heavy atom. The Hall–Kier alpha value is -2.18. The zero-order valence-electron chi connectivity index (χ0n) is 16.3. The lowest BCUT2D eigenvalue weighted by Gasteiger charge is -2.39. The average molecular weight is 380 g/mol. The standard InChI is InChI=1S/C22H28N4O2/c1-2-21(28-11-1)16-3-8-20-19(14-16)22(24-15-23-20)25-17-4-6-18(7-5-17)26-9-12-27-13-10-26/h2-3,8,14-15,17-18H,1,4-7,9-13H2,(H,23,24,25). The van der Waals surface area contributed by atoms with Crippen LogP contribution in [0.15, 0.2) is 30.6 Å². The molecule has 1 aromatic carbocycles. The molecule has 1 N–H and O–H groups in total. The highest BCUT2D eigenvalue weighted by Gasteiger charge is 2.27. The van der Waals surface area contributed by atoms with Crippen LogP contribution in [-0.2, 0) is 9.47 Å². The third-order valence-corrected chi connectivity index (χ3v) is 6.22. The first-order valence-corrected chi connectivity index (χ1v) is 10.5. The van der Waals surface area contributed by atoms with Gasteiger partial charge < -0.3 is 14.8 Å². The van der Waals surface area contributed by atoms with E-state index in [0.717, 1.165) is 67.4 Å². The van der Waals surface area contributed by atoms with Gasteiger partial charge in [-0.3, -0.25) is 4.90 Å². The quantitative estimate of drug-likeness (QED) is 0.877. The van der Waals surface area contributed by atoms with Crippen LogP contribution in [0.25, 0.3) is 16.7 Å². The largest absolute Gasteiger partial charge is 0.493 e. The van der Waals surface area contributed by atoms with Crippen molar-refractivity contribution in [1.29, 1.82) is 0 Å². The first-order chi connectivity index (χ1) is 13.9. The lowest BCUT2D eigenvalue weighted by molar-refractivity contribution is 0.00791. The van der Waals surface area contributed by atoms with E-state index in [1.54, 1.807) is 6.33 Å². The van der Waals surface area contributed by atoms with Gasteiger partial charge in [0.2, 0.25) is 0 Å². The van der Waals surface area contributed by atoms with Crippen LogP contribution in [0, 0.1) is 0 Å². The first-order valence-electron chi connectivity index (χ1n) is 10.5. The fraction of sp³-hybridized carbons (Fsp3) is 0.545. The molecule has 3 heterocycles. The van der Waals surface area contributed by atoms with Gasteiger partial charge in [-0.25, -0.2) is 9.97 Å². The van der Waals surface area contributed by atoms with Crippen molar-refractivity contribution >= 4 is 22.5 Å². The number of anilines is 1. The molecule has 0 bridgehead atoms. The molecule has 148 valence electrons. The molecular formula is C22H28N4O2. The molecule has 0 unspecified atom stereocenters. The molecule has 3 aliphatic rings. The van der Waals surface area contributed by atoms with Gasteiger partial charge in [0, 0.05) is 42.5 Å². The zero-order valence-corrected chi connectivity index (χ0v) is 16.3. The van der Waals surface area contributed by atoms with E-state index in [0.29, 0.717) is 12.1 Å². The van der Waals surface area contributed by atoms with Crippen LogP contribution in [0.1, 0.15) is 37.7 Å². The van der Waals surface area contributed by atoms with E-state index in [1.165, 1.54) is 25.7 Å². The van der Waals surface area contributed by atoms with Crippen LogP contribution < -0.4 is 5.32 Å². The minimum Gasteiger partial charge on any atom is -0.493 e. The molecule has 0 amide bonds. The number of aromatic nitrogens is 2. The van der Waals surface area contributed by atoms with Crippen LogP contribution in [0.5, 0.6) is 0 Å². The molecule has 1 aromatic heterocycles. The van der Waals surface area contributed by atoms with Crippen LogP contribution in [0.3, 0.4) is 0 Å². The van der Waals surface area contributed by atoms with Gasteiger partial charge in [0.25, 0.3) is 0 Å². The summed E-state index contributed by atoms with van der Waals surface area (Å²) < 4.78 is 11.2. The maximum atomic E-state index is 5.73. The van der Waals surface area contributed by atoms with E-state index < -0.39 is 0 Å². The van der Waals surface area contributed by atoms with E-state index >= 15 is 0 Å². The number of hydrogen-bond acceptors (Lipinski definition) is 6. The van der Waals surface area contributed by atoms with Gasteiger partial charge in [-0.05, 0) is 50.0 Å². The number of morpholine rings is 1. The molecule has 0 spiro atoms. The molecular weight excluding hydrogens is 352 g/mol. The van der Waals surface area contributed by atoms with Crippen molar-refractivity contribution < 1.29 is 9.47 Å². The van der Waals surface area contributed by atoms with Gasteiger partial charge >= 0.3 is 0 Å². The molecule has 1 aliphatic carbocycles. The maximum Gasteiger partial charge on any atom is 0.137 e. The maximum absolute atomic E-state index is 5.73. The van der Waals surface area contributed by atoms with Crippen LogP contribution >= 0.6 is 0 Å². The number of benzene rings is 1. The van der Waals surface area contributed by atoms with Crippen molar-refractivity contribution in [3.05, 3.63) is 36.2 Å². The SMILES string of the molecule is C1=C(c2ccc3ncnc(NC4CCC(N5CCOCC5)CC4)c3c2)OCC1. The lowest BCUT2D eigenvalue weighted by atomic mass is 9.90. The summed E-state index contributed by atoms with van der Waals surface area (Å²) in [6.45, 7) is 4.71. The summed E-state index contributed by atoms with van der Waals surface area (Å²) in [4.78, 5) is 11.6. The summed E-state index contributed by atoms with van der Waals surface area (Å²) in [5.74, 6) is 1.92. The summed E-state index contributed by atoms with van der Waals surface area (Å²) in [7, 11) is 0. The summed E-state index contributed by atoms with van der Waals surface area (Å²) in [6, 6.07) is 7.50. The van der Waals surface area contributed by atoms with E-state index in [9.17, 15) is 0 Å². The minimum atomic E-state index is 0.473. The van der Waals surface area contributed by atoms with E-state index in [2.05, 4.69) is 44.5 Å². The highest BCUT2D eigenvalue weighted by molar-refractivity contribution is 5.91. The predicted octanol–water partition coefficient (Wildman–Crippen LogP) is 3.45. The lowest BCUT2D eigenvalue weighted by Crippen LogP contribution is -2.46. The number of hydrogen-bond donors (Lipinski definition) is 1. The molecule has 1 saturated carbocycles. The number of fused-ring (bicyclic) bond motifs is 1. The van der Waals surface area contributed by atoms with Crippen molar-refractivity contribution in [3.8, 4) is 0 Å². The Kier molecular flexibility index (Phi) is 5.14.